The van der Waals surface area contributed by atoms with Crippen LogP contribution in [-0.4, -0.2) is 48.1 Å². The lowest BCUT2D eigenvalue weighted by molar-refractivity contribution is -0.143. The summed E-state index contributed by atoms with van der Waals surface area (Å²) in [6.07, 6.45) is 6.24. The van der Waals surface area contributed by atoms with Crippen molar-refractivity contribution in [1.82, 2.24) is 10.2 Å². The van der Waals surface area contributed by atoms with Crippen LogP contribution in [0, 0.1) is 5.92 Å². The molecule has 1 saturated carbocycles. The van der Waals surface area contributed by atoms with Gasteiger partial charge in [0.1, 0.15) is 5.54 Å². The number of carbonyl (C=O) groups excluding carboxylic acids is 2. The highest BCUT2D eigenvalue weighted by atomic mass is 16.5. The van der Waals surface area contributed by atoms with Crippen LogP contribution in [0.1, 0.15) is 51.9 Å². The van der Waals surface area contributed by atoms with Crippen LogP contribution in [0.4, 0.5) is 0 Å². The molecule has 0 aromatic heterocycles. The van der Waals surface area contributed by atoms with E-state index in [4.69, 9.17) is 4.74 Å². The molecule has 2 atom stereocenters. The molecule has 3 rings (SSSR count). The molecule has 0 bridgehead atoms. The standard InChI is InChI=1S/C16H26N2O3/c1-12(13-6-10-21-11-13)18-9-5-14(19)17-16(15(18)20)7-3-2-4-8-16/h12-13H,2-11H2,1H3,(H,17,19). The van der Waals surface area contributed by atoms with Crippen molar-refractivity contribution in [2.75, 3.05) is 19.8 Å². The first-order valence-electron chi connectivity index (χ1n) is 8.32. The lowest BCUT2D eigenvalue weighted by Gasteiger charge is -2.41. The molecule has 0 aromatic carbocycles. The molecule has 2 heterocycles. The van der Waals surface area contributed by atoms with Gasteiger partial charge in [0.05, 0.1) is 6.61 Å². The SMILES string of the molecule is CC(C1CCOC1)N1CCC(=O)NC2(CCCCC2)C1=O. The van der Waals surface area contributed by atoms with Crippen LogP contribution in [-0.2, 0) is 14.3 Å². The van der Waals surface area contributed by atoms with Crippen LogP contribution in [0.2, 0.25) is 0 Å². The summed E-state index contributed by atoms with van der Waals surface area (Å²) in [5.74, 6) is 0.581. The Morgan fingerprint density at radius 2 is 2.05 bits per heavy atom. The zero-order valence-electron chi connectivity index (χ0n) is 12.9. The molecular weight excluding hydrogens is 268 g/mol. The lowest BCUT2D eigenvalue weighted by Crippen LogP contribution is -2.60. The molecule has 5 heteroatoms. The van der Waals surface area contributed by atoms with Gasteiger partial charge in [-0.25, -0.2) is 0 Å². The number of hydrogen-bond donors (Lipinski definition) is 1. The zero-order chi connectivity index (χ0) is 14.9. The Balaban J connectivity index is 1.82. The molecule has 1 spiro atoms. The second-order valence-corrected chi connectivity index (χ2v) is 6.80. The number of rotatable bonds is 2. The van der Waals surface area contributed by atoms with Gasteiger partial charge in [-0.2, -0.15) is 0 Å². The summed E-state index contributed by atoms with van der Waals surface area (Å²) in [5, 5.41) is 3.06. The fourth-order valence-electron chi connectivity index (χ4n) is 4.05. The Labute approximate surface area is 126 Å². The van der Waals surface area contributed by atoms with E-state index in [9.17, 15) is 9.59 Å². The monoisotopic (exact) mass is 294 g/mol. The largest absolute Gasteiger partial charge is 0.381 e. The van der Waals surface area contributed by atoms with Crippen LogP contribution in [0.25, 0.3) is 0 Å². The van der Waals surface area contributed by atoms with Crippen molar-refractivity contribution in [2.45, 2.75) is 63.5 Å². The van der Waals surface area contributed by atoms with E-state index in [1.165, 1.54) is 0 Å². The third-order valence-electron chi connectivity index (χ3n) is 5.47. The van der Waals surface area contributed by atoms with Crippen LogP contribution >= 0.6 is 0 Å². The molecule has 3 aliphatic rings. The summed E-state index contributed by atoms with van der Waals surface area (Å²) in [7, 11) is 0. The molecule has 3 fully saturated rings. The Morgan fingerprint density at radius 3 is 2.71 bits per heavy atom. The summed E-state index contributed by atoms with van der Waals surface area (Å²) in [4.78, 5) is 27.2. The van der Waals surface area contributed by atoms with Gasteiger partial charge in [0, 0.05) is 31.5 Å². The van der Waals surface area contributed by atoms with Gasteiger partial charge >= 0.3 is 0 Å². The van der Waals surface area contributed by atoms with Crippen molar-refractivity contribution in [1.29, 1.82) is 0 Å². The zero-order valence-corrected chi connectivity index (χ0v) is 12.9. The van der Waals surface area contributed by atoms with Crippen LogP contribution in [0.15, 0.2) is 0 Å². The second kappa shape index (κ2) is 5.95. The van der Waals surface area contributed by atoms with Gasteiger partial charge in [-0.15, -0.1) is 0 Å². The first kappa shape index (κ1) is 14.8. The highest BCUT2D eigenvalue weighted by Crippen LogP contribution is 2.33. The molecule has 1 aliphatic carbocycles. The maximum Gasteiger partial charge on any atom is 0.248 e. The fraction of sp³-hybridized carbons (Fsp3) is 0.875. The van der Waals surface area contributed by atoms with E-state index in [0.29, 0.717) is 18.9 Å². The summed E-state index contributed by atoms with van der Waals surface area (Å²) >= 11 is 0. The topological polar surface area (TPSA) is 58.6 Å². The molecule has 0 aromatic rings. The van der Waals surface area contributed by atoms with E-state index in [-0.39, 0.29) is 17.9 Å². The second-order valence-electron chi connectivity index (χ2n) is 6.80. The van der Waals surface area contributed by atoms with Crippen molar-refractivity contribution in [3.8, 4) is 0 Å². The minimum Gasteiger partial charge on any atom is -0.381 e. The first-order valence-corrected chi connectivity index (χ1v) is 8.32. The molecule has 0 radical (unpaired) electrons. The van der Waals surface area contributed by atoms with Crippen molar-refractivity contribution < 1.29 is 14.3 Å². The fourth-order valence-corrected chi connectivity index (χ4v) is 4.05. The van der Waals surface area contributed by atoms with Gasteiger partial charge in [0.15, 0.2) is 0 Å². The third-order valence-corrected chi connectivity index (χ3v) is 5.47. The molecule has 21 heavy (non-hydrogen) atoms. The molecule has 2 unspecified atom stereocenters. The molecule has 5 nitrogen and oxygen atoms in total. The van der Waals surface area contributed by atoms with E-state index in [1.807, 2.05) is 4.90 Å². The quantitative estimate of drug-likeness (QED) is 0.839. The van der Waals surface area contributed by atoms with E-state index >= 15 is 0 Å². The minimum absolute atomic E-state index is 0.0302. The molecule has 118 valence electrons. The lowest BCUT2D eigenvalue weighted by atomic mass is 9.80. The number of amides is 2. The van der Waals surface area contributed by atoms with Gasteiger partial charge < -0.3 is 15.0 Å². The third kappa shape index (κ3) is 2.80. The van der Waals surface area contributed by atoms with E-state index < -0.39 is 5.54 Å². The minimum atomic E-state index is -0.625. The van der Waals surface area contributed by atoms with E-state index in [2.05, 4.69) is 12.2 Å². The van der Waals surface area contributed by atoms with Gasteiger partial charge in [-0.3, -0.25) is 9.59 Å². The Hall–Kier alpha value is -1.10. The molecule has 2 aliphatic heterocycles. The van der Waals surface area contributed by atoms with Crippen LogP contribution in [0.3, 0.4) is 0 Å². The Bertz CT molecular complexity index is 412. The summed E-state index contributed by atoms with van der Waals surface area (Å²) in [5.41, 5.74) is -0.625. The van der Waals surface area contributed by atoms with Crippen LogP contribution < -0.4 is 5.32 Å². The van der Waals surface area contributed by atoms with Crippen molar-refractivity contribution in [2.24, 2.45) is 5.92 Å². The number of nitrogens with zero attached hydrogens (tertiary/aromatic N) is 1. The van der Waals surface area contributed by atoms with Gasteiger partial charge in [-0.1, -0.05) is 19.3 Å². The number of nitrogens with one attached hydrogen (secondary N) is 1. The highest BCUT2D eigenvalue weighted by Gasteiger charge is 2.47. The molecule has 2 amide bonds. The summed E-state index contributed by atoms with van der Waals surface area (Å²) < 4.78 is 5.47. The predicted octanol–water partition coefficient (Wildman–Crippen LogP) is 1.46. The van der Waals surface area contributed by atoms with Crippen molar-refractivity contribution >= 4 is 11.8 Å². The summed E-state index contributed by atoms with van der Waals surface area (Å²) in [6, 6.07) is 0.159. The molecular formula is C16H26N2O3. The molecule has 2 saturated heterocycles. The maximum absolute atomic E-state index is 13.1. The summed E-state index contributed by atoms with van der Waals surface area (Å²) in [6.45, 7) is 4.19. The van der Waals surface area contributed by atoms with Gasteiger partial charge in [-0.05, 0) is 26.2 Å². The van der Waals surface area contributed by atoms with Crippen molar-refractivity contribution in [3.05, 3.63) is 0 Å². The number of hydrogen-bond acceptors (Lipinski definition) is 3. The highest BCUT2D eigenvalue weighted by molar-refractivity contribution is 5.93. The first-order chi connectivity index (χ1) is 10.1. The van der Waals surface area contributed by atoms with Crippen molar-refractivity contribution in [3.63, 3.8) is 0 Å². The van der Waals surface area contributed by atoms with E-state index in [1.54, 1.807) is 0 Å². The predicted molar refractivity (Wildman–Crippen MR) is 78.7 cm³/mol. The Kier molecular flexibility index (Phi) is 4.20. The smallest absolute Gasteiger partial charge is 0.248 e. The van der Waals surface area contributed by atoms with E-state index in [0.717, 1.165) is 51.7 Å². The number of carbonyl (C=O) groups is 2. The average molecular weight is 294 g/mol. The number of ether oxygens (including phenoxy) is 1. The average Bonchev–Trinajstić information content (AvgIpc) is 2.98. The Morgan fingerprint density at radius 1 is 1.29 bits per heavy atom. The molecule has 1 N–H and O–H groups in total. The normalized spacial score (nSPS) is 31.1. The van der Waals surface area contributed by atoms with Gasteiger partial charge in [0.2, 0.25) is 11.8 Å². The van der Waals surface area contributed by atoms with Crippen LogP contribution in [0.5, 0.6) is 0 Å². The van der Waals surface area contributed by atoms with Gasteiger partial charge in [0.25, 0.3) is 0 Å². The maximum atomic E-state index is 13.1.